The molecule has 0 saturated carbocycles. The van der Waals surface area contributed by atoms with Gasteiger partial charge < -0.3 is 31.4 Å². The summed E-state index contributed by atoms with van der Waals surface area (Å²) in [5.41, 5.74) is 10.8. The van der Waals surface area contributed by atoms with Gasteiger partial charge in [-0.1, -0.05) is 6.07 Å². The average molecular weight is 430 g/mol. The van der Waals surface area contributed by atoms with Crippen molar-refractivity contribution in [1.82, 2.24) is 5.32 Å². The van der Waals surface area contributed by atoms with Crippen molar-refractivity contribution in [2.24, 2.45) is 16.5 Å². The van der Waals surface area contributed by atoms with Crippen molar-refractivity contribution >= 4 is 41.2 Å². The van der Waals surface area contributed by atoms with Crippen LogP contribution in [0.15, 0.2) is 41.4 Å². The van der Waals surface area contributed by atoms with Gasteiger partial charge in [-0.2, -0.15) is 4.99 Å². The lowest BCUT2D eigenvalue weighted by Gasteiger charge is -2.17. The SMILES string of the molecule is NC(N)=NC(=O)/C=C/c1ccc(C(=O)NC(CC(=O)O)c2ccc3c(c2)OCO3)s1. The van der Waals surface area contributed by atoms with Gasteiger partial charge in [0.1, 0.15) is 0 Å². The number of nitrogens with two attached hydrogens (primary N) is 2. The van der Waals surface area contributed by atoms with Crippen molar-refractivity contribution < 1.29 is 29.0 Å². The fourth-order valence-corrected chi connectivity index (χ4v) is 3.48. The zero-order valence-electron chi connectivity index (χ0n) is 15.5. The van der Waals surface area contributed by atoms with Gasteiger partial charge in [0.05, 0.1) is 17.3 Å². The molecular formula is C19H18N4O6S. The third-order valence-electron chi connectivity index (χ3n) is 3.96. The number of carbonyl (C=O) groups excluding carboxylic acids is 2. The van der Waals surface area contributed by atoms with Crippen molar-refractivity contribution in [3.63, 3.8) is 0 Å². The maximum Gasteiger partial charge on any atom is 0.305 e. The lowest BCUT2D eigenvalue weighted by Crippen LogP contribution is -2.29. The highest BCUT2D eigenvalue weighted by molar-refractivity contribution is 7.14. The molecule has 2 aromatic rings. The summed E-state index contributed by atoms with van der Waals surface area (Å²) in [6.45, 7) is 0.0892. The molecule has 0 saturated heterocycles. The minimum Gasteiger partial charge on any atom is -0.481 e. The van der Waals surface area contributed by atoms with Crippen LogP contribution in [0.2, 0.25) is 0 Å². The van der Waals surface area contributed by atoms with Gasteiger partial charge in [0.25, 0.3) is 11.8 Å². The van der Waals surface area contributed by atoms with Crippen LogP contribution in [0, 0.1) is 0 Å². The van der Waals surface area contributed by atoms with Crippen molar-refractivity contribution in [3.05, 3.63) is 51.7 Å². The van der Waals surface area contributed by atoms with Crippen LogP contribution >= 0.6 is 11.3 Å². The second-order valence-electron chi connectivity index (χ2n) is 6.15. The first-order valence-corrected chi connectivity index (χ1v) is 9.47. The zero-order chi connectivity index (χ0) is 21.7. The molecule has 30 heavy (non-hydrogen) atoms. The Hall–Kier alpha value is -3.86. The molecule has 0 radical (unpaired) electrons. The highest BCUT2D eigenvalue weighted by Gasteiger charge is 2.23. The van der Waals surface area contributed by atoms with Gasteiger partial charge >= 0.3 is 5.97 Å². The molecule has 1 aliphatic rings. The lowest BCUT2D eigenvalue weighted by atomic mass is 10.0. The Morgan fingerprint density at radius 1 is 1.20 bits per heavy atom. The number of fused-ring (bicyclic) bond motifs is 1. The van der Waals surface area contributed by atoms with Gasteiger partial charge in [0.2, 0.25) is 6.79 Å². The van der Waals surface area contributed by atoms with Crippen LogP contribution in [0.3, 0.4) is 0 Å². The largest absolute Gasteiger partial charge is 0.481 e. The summed E-state index contributed by atoms with van der Waals surface area (Å²) in [4.78, 5) is 39.7. The molecular weight excluding hydrogens is 412 g/mol. The lowest BCUT2D eigenvalue weighted by molar-refractivity contribution is -0.137. The van der Waals surface area contributed by atoms with Crippen LogP contribution in [0.5, 0.6) is 11.5 Å². The van der Waals surface area contributed by atoms with Crippen LogP contribution in [0.4, 0.5) is 0 Å². The molecule has 0 spiro atoms. The molecule has 0 fully saturated rings. The van der Waals surface area contributed by atoms with E-state index in [4.69, 9.17) is 20.9 Å². The summed E-state index contributed by atoms with van der Waals surface area (Å²) in [6, 6.07) is 7.44. The molecule has 1 atom stereocenters. The summed E-state index contributed by atoms with van der Waals surface area (Å²) in [5, 5.41) is 12.0. The summed E-state index contributed by atoms with van der Waals surface area (Å²) >= 11 is 1.12. The van der Waals surface area contributed by atoms with Crippen molar-refractivity contribution in [1.29, 1.82) is 0 Å². The molecule has 2 amide bonds. The van der Waals surface area contributed by atoms with Gasteiger partial charge in [0.15, 0.2) is 17.5 Å². The molecule has 1 unspecified atom stereocenters. The molecule has 0 aliphatic carbocycles. The number of rotatable bonds is 7. The van der Waals surface area contributed by atoms with E-state index in [1.807, 2.05) is 0 Å². The maximum atomic E-state index is 12.6. The molecule has 156 valence electrons. The predicted molar refractivity (Wildman–Crippen MR) is 109 cm³/mol. The molecule has 1 aliphatic heterocycles. The van der Waals surface area contributed by atoms with E-state index in [0.29, 0.717) is 26.8 Å². The number of carboxylic acids is 1. The van der Waals surface area contributed by atoms with E-state index in [1.165, 1.54) is 12.2 Å². The number of aliphatic carboxylic acids is 1. The Bertz CT molecular complexity index is 1040. The van der Waals surface area contributed by atoms with E-state index in [2.05, 4.69) is 10.3 Å². The fourth-order valence-electron chi connectivity index (χ4n) is 2.67. The summed E-state index contributed by atoms with van der Waals surface area (Å²) < 4.78 is 10.6. The van der Waals surface area contributed by atoms with Gasteiger partial charge in [0, 0.05) is 11.0 Å². The summed E-state index contributed by atoms with van der Waals surface area (Å²) in [7, 11) is 0. The van der Waals surface area contributed by atoms with Gasteiger partial charge in [-0.3, -0.25) is 14.4 Å². The molecule has 2 heterocycles. The average Bonchev–Trinajstić information content (AvgIpc) is 3.33. The standard InChI is InChI=1S/C19H18N4O6S/c20-19(21)23-16(24)6-3-11-2-5-15(30-11)18(27)22-12(8-17(25)26)10-1-4-13-14(7-10)29-9-28-13/h1-7,12H,8-9H2,(H,22,27)(H,25,26)(H4,20,21,23,24)/b6-3+. The minimum absolute atomic E-state index is 0.0892. The smallest absolute Gasteiger partial charge is 0.305 e. The van der Waals surface area contributed by atoms with Crippen LogP contribution < -0.4 is 26.3 Å². The second kappa shape index (κ2) is 9.09. The van der Waals surface area contributed by atoms with E-state index in [9.17, 15) is 19.5 Å². The number of thiophene rings is 1. The number of guanidine groups is 1. The zero-order valence-corrected chi connectivity index (χ0v) is 16.3. The highest BCUT2D eigenvalue weighted by atomic mass is 32.1. The van der Waals surface area contributed by atoms with E-state index in [0.717, 1.165) is 11.3 Å². The molecule has 6 N–H and O–H groups in total. The summed E-state index contributed by atoms with van der Waals surface area (Å²) in [6.07, 6.45) is 2.34. The Balaban J connectivity index is 1.73. The minimum atomic E-state index is -1.06. The number of carbonyl (C=O) groups is 3. The number of hydrogen-bond acceptors (Lipinski definition) is 6. The fraction of sp³-hybridized carbons (Fsp3) is 0.158. The van der Waals surface area contributed by atoms with Gasteiger partial charge in [-0.05, 0) is 35.9 Å². The Morgan fingerprint density at radius 3 is 2.70 bits per heavy atom. The van der Waals surface area contributed by atoms with E-state index >= 15 is 0 Å². The number of benzene rings is 1. The third kappa shape index (κ3) is 5.35. The first-order chi connectivity index (χ1) is 14.3. The Kier molecular flexibility index (Phi) is 6.32. The highest BCUT2D eigenvalue weighted by Crippen LogP contribution is 2.35. The van der Waals surface area contributed by atoms with Crippen molar-refractivity contribution in [3.8, 4) is 11.5 Å². The number of ether oxygens (including phenoxy) is 2. The van der Waals surface area contributed by atoms with Crippen molar-refractivity contribution in [2.75, 3.05) is 6.79 Å². The monoisotopic (exact) mass is 430 g/mol. The van der Waals surface area contributed by atoms with Crippen LogP contribution in [-0.2, 0) is 9.59 Å². The van der Waals surface area contributed by atoms with Crippen molar-refractivity contribution in [2.45, 2.75) is 12.5 Å². The van der Waals surface area contributed by atoms with Crippen LogP contribution in [0.25, 0.3) is 6.08 Å². The molecule has 1 aromatic carbocycles. The number of hydrogen-bond donors (Lipinski definition) is 4. The maximum absolute atomic E-state index is 12.6. The Morgan fingerprint density at radius 2 is 1.97 bits per heavy atom. The first kappa shape index (κ1) is 20.9. The van der Waals surface area contributed by atoms with E-state index < -0.39 is 23.8 Å². The normalized spacial score (nSPS) is 13.1. The third-order valence-corrected chi connectivity index (χ3v) is 5.01. The molecule has 1 aromatic heterocycles. The first-order valence-electron chi connectivity index (χ1n) is 8.65. The van der Waals surface area contributed by atoms with Gasteiger partial charge in [-0.25, -0.2) is 0 Å². The number of nitrogens with one attached hydrogen (secondary N) is 1. The summed E-state index contributed by atoms with van der Waals surface area (Å²) in [5.74, 6) is -1.43. The second-order valence-corrected chi connectivity index (χ2v) is 7.26. The van der Waals surface area contributed by atoms with Crippen LogP contribution in [0.1, 0.15) is 32.6 Å². The van der Waals surface area contributed by atoms with Gasteiger partial charge in [-0.15, -0.1) is 11.3 Å². The topological polar surface area (TPSA) is 166 Å². The predicted octanol–water partition coefficient (Wildman–Crippen LogP) is 1.24. The van der Waals surface area contributed by atoms with E-state index in [-0.39, 0.29) is 19.2 Å². The number of carboxylic acid groups (broad SMARTS) is 1. The number of nitrogens with zero attached hydrogens (tertiary/aromatic N) is 1. The molecule has 11 heteroatoms. The Labute approximate surface area is 174 Å². The van der Waals surface area contributed by atoms with E-state index in [1.54, 1.807) is 30.3 Å². The quantitative estimate of drug-likeness (QED) is 0.289. The number of amides is 2. The molecule has 10 nitrogen and oxygen atoms in total. The van der Waals surface area contributed by atoms with Crippen LogP contribution in [-0.4, -0.2) is 35.6 Å². The molecule has 3 rings (SSSR count). The molecule has 0 bridgehead atoms. The number of aliphatic imine (C=N–C) groups is 1.